The second-order valence-electron chi connectivity index (χ2n) is 5.31. The number of rotatable bonds is 11. The maximum atomic E-state index is 5.90. The van der Waals surface area contributed by atoms with E-state index in [1.54, 1.807) is 0 Å². The molecular formula is C15H34N4O. The first kappa shape index (κ1) is 19.2. The molecule has 0 aliphatic heterocycles. The van der Waals surface area contributed by atoms with Crippen molar-refractivity contribution in [3.63, 3.8) is 0 Å². The van der Waals surface area contributed by atoms with Gasteiger partial charge in [-0.1, -0.05) is 26.7 Å². The molecule has 0 saturated heterocycles. The molecule has 0 saturated carbocycles. The minimum Gasteiger partial charge on any atom is -0.382 e. The SMILES string of the molecule is CCOCCCNC(N)=NCC(C(CC)CC)N(C)C. The van der Waals surface area contributed by atoms with Crippen LogP contribution in [0.5, 0.6) is 0 Å². The molecule has 0 heterocycles. The molecular weight excluding hydrogens is 252 g/mol. The lowest BCUT2D eigenvalue weighted by Gasteiger charge is -2.30. The summed E-state index contributed by atoms with van der Waals surface area (Å²) in [6, 6.07) is 0.453. The van der Waals surface area contributed by atoms with Gasteiger partial charge in [-0.3, -0.25) is 4.99 Å². The van der Waals surface area contributed by atoms with Gasteiger partial charge in [0.2, 0.25) is 0 Å². The molecule has 20 heavy (non-hydrogen) atoms. The molecule has 0 aromatic rings. The topological polar surface area (TPSA) is 62.9 Å². The number of hydrogen-bond acceptors (Lipinski definition) is 3. The van der Waals surface area contributed by atoms with Crippen LogP contribution >= 0.6 is 0 Å². The highest BCUT2D eigenvalue weighted by molar-refractivity contribution is 5.77. The fourth-order valence-corrected chi connectivity index (χ4v) is 2.35. The molecule has 0 rings (SSSR count). The predicted octanol–water partition coefficient (Wildman–Crippen LogP) is 1.68. The van der Waals surface area contributed by atoms with Gasteiger partial charge in [-0.2, -0.15) is 0 Å². The van der Waals surface area contributed by atoms with Gasteiger partial charge in [0.1, 0.15) is 0 Å². The van der Waals surface area contributed by atoms with Crippen LogP contribution in [0.1, 0.15) is 40.0 Å². The Morgan fingerprint density at radius 2 is 1.90 bits per heavy atom. The van der Waals surface area contributed by atoms with Crippen LogP contribution in [0.3, 0.4) is 0 Å². The van der Waals surface area contributed by atoms with Gasteiger partial charge in [0.15, 0.2) is 5.96 Å². The highest BCUT2D eigenvalue weighted by Gasteiger charge is 2.20. The van der Waals surface area contributed by atoms with Gasteiger partial charge in [0, 0.05) is 25.8 Å². The monoisotopic (exact) mass is 286 g/mol. The van der Waals surface area contributed by atoms with Gasteiger partial charge in [0.05, 0.1) is 6.54 Å². The summed E-state index contributed by atoms with van der Waals surface area (Å²) in [6.45, 7) is 9.58. The number of ether oxygens (including phenoxy) is 1. The summed E-state index contributed by atoms with van der Waals surface area (Å²) in [5.74, 6) is 1.21. The minimum absolute atomic E-state index is 0.453. The van der Waals surface area contributed by atoms with Crippen LogP contribution in [0.15, 0.2) is 4.99 Å². The van der Waals surface area contributed by atoms with Gasteiger partial charge in [-0.05, 0) is 33.4 Å². The Labute approximate surface area is 125 Å². The number of nitrogens with zero attached hydrogens (tertiary/aromatic N) is 2. The Morgan fingerprint density at radius 1 is 1.25 bits per heavy atom. The van der Waals surface area contributed by atoms with E-state index in [2.05, 4.69) is 43.2 Å². The van der Waals surface area contributed by atoms with E-state index >= 15 is 0 Å². The molecule has 5 heteroatoms. The largest absolute Gasteiger partial charge is 0.382 e. The fraction of sp³-hybridized carbons (Fsp3) is 0.933. The Morgan fingerprint density at radius 3 is 2.40 bits per heavy atom. The normalized spacial score (nSPS) is 14.1. The zero-order valence-corrected chi connectivity index (χ0v) is 14.0. The van der Waals surface area contributed by atoms with E-state index in [1.165, 1.54) is 12.8 Å². The van der Waals surface area contributed by atoms with Crippen molar-refractivity contribution in [2.24, 2.45) is 16.6 Å². The van der Waals surface area contributed by atoms with Crippen LogP contribution in [0, 0.1) is 5.92 Å². The first-order chi connectivity index (χ1) is 9.56. The van der Waals surface area contributed by atoms with Crippen LogP contribution in [0.4, 0.5) is 0 Å². The summed E-state index contributed by atoms with van der Waals surface area (Å²) in [6.07, 6.45) is 3.31. The molecule has 1 unspecified atom stereocenters. The lowest BCUT2D eigenvalue weighted by molar-refractivity contribution is 0.145. The Kier molecular flexibility index (Phi) is 11.5. The number of aliphatic imine (C=N–C) groups is 1. The molecule has 0 aromatic heterocycles. The standard InChI is InChI=1S/C15H34N4O/c1-6-13(7-2)14(19(4)5)12-18-15(16)17-10-9-11-20-8-3/h13-14H,6-12H2,1-5H3,(H3,16,17,18). The molecule has 1 atom stereocenters. The molecule has 0 fully saturated rings. The second-order valence-corrected chi connectivity index (χ2v) is 5.31. The minimum atomic E-state index is 0.453. The smallest absolute Gasteiger partial charge is 0.188 e. The zero-order valence-electron chi connectivity index (χ0n) is 14.0. The first-order valence-corrected chi connectivity index (χ1v) is 7.84. The van der Waals surface area contributed by atoms with E-state index in [0.717, 1.165) is 32.7 Å². The van der Waals surface area contributed by atoms with Gasteiger partial charge < -0.3 is 20.7 Å². The lowest BCUT2D eigenvalue weighted by atomic mass is 9.93. The number of nitrogens with two attached hydrogens (primary N) is 1. The van der Waals surface area contributed by atoms with Crippen molar-refractivity contribution in [2.45, 2.75) is 46.1 Å². The van der Waals surface area contributed by atoms with E-state index in [-0.39, 0.29) is 0 Å². The van der Waals surface area contributed by atoms with Crippen molar-refractivity contribution in [2.75, 3.05) is 40.4 Å². The highest BCUT2D eigenvalue weighted by Crippen LogP contribution is 2.17. The third-order valence-corrected chi connectivity index (χ3v) is 3.68. The average molecular weight is 286 g/mol. The molecule has 0 aliphatic carbocycles. The van der Waals surface area contributed by atoms with E-state index in [4.69, 9.17) is 10.5 Å². The summed E-state index contributed by atoms with van der Waals surface area (Å²) in [5.41, 5.74) is 5.90. The Balaban J connectivity index is 4.13. The summed E-state index contributed by atoms with van der Waals surface area (Å²) < 4.78 is 5.28. The van der Waals surface area contributed by atoms with Gasteiger partial charge >= 0.3 is 0 Å². The number of nitrogens with one attached hydrogen (secondary N) is 1. The molecule has 5 nitrogen and oxygen atoms in total. The van der Waals surface area contributed by atoms with Gasteiger partial charge in [-0.15, -0.1) is 0 Å². The predicted molar refractivity (Wildman–Crippen MR) is 87.1 cm³/mol. The summed E-state index contributed by atoms with van der Waals surface area (Å²) in [7, 11) is 4.23. The van der Waals surface area contributed by atoms with Crippen LogP contribution in [0.2, 0.25) is 0 Å². The average Bonchev–Trinajstić information content (AvgIpc) is 2.42. The molecule has 0 aliphatic rings. The van der Waals surface area contributed by atoms with Gasteiger partial charge in [0.25, 0.3) is 0 Å². The third kappa shape index (κ3) is 8.38. The highest BCUT2D eigenvalue weighted by atomic mass is 16.5. The van der Waals surface area contributed by atoms with E-state index in [9.17, 15) is 0 Å². The van der Waals surface area contributed by atoms with Crippen molar-refractivity contribution < 1.29 is 4.74 Å². The Bertz CT molecular complexity index is 252. The number of guanidine groups is 1. The van der Waals surface area contributed by atoms with E-state index < -0.39 is 0 Å². The molecule has 0 amide bonds. The molecule has 0 aromatic carbocycles. The van der Waals surface area contributed by atoms with E-state index in [0.29, 0.717) is 17.9 Å². The van der Waals surface area contributed by atoms with Crippen LogP contribution in [0.25, 0.3) is 0 Å². The summed E-state index contributed by atoms with van der Waals surface area (Å²) >= 11 is 0. The number of likely N-dealkylation sites (N-methyl/N-ethyl adjacent to an activating group) is 1. The van der Waals surface area contributed by atoms with Crippen LogP contribution in [-0.2, 0) is 4.74 Å². The molecule has 0 spiro atoms. The second kappa shape index (κ2) is 12.0. The van der Waals surface area contributed by atoms with Crippen molar-refractivity contribution in [1.29, 1.82) is 0 Å². The quantitative estimate of drug-likeness (QED) is 0.345. The van der Waals surface area contributed by atoms with E-state index in [1.807, 2.05) is 6.92 Å². The van der Waals surface area contributed by atoms with Gasteiger partial charge in [-0.25, -0.2) is 0 Å². The van der Waals surface area contributed by atoms with Crippen LogP contribution in [-0.4, -0.2) is 57.3 Å². The van der Waals surface area contributed by atoms with Crippen molar-refractivity contribution >= 4 is 5.96 Å². The zero-order chi connectivity index (χ0) is 15.4. The molecule has 0 bridgehead atoms. The lowest BCUT2D eigenvalue weighted by Crippen LogP contribution is -2.40. The Hall–Kier alpha value is -0.810. The van der Waals surface area contributed by atoms with Crippen molar-refractivity contribution in [3.8, 4) is 0 Å². The summed E-state index contributed by atoms with van der Waals surface area (Å²) in [4.78, 5) is 6.73. The maximum absolute atomic E-state index is 5.90. The van der Waals surface area contributed by atoms with Crippen molar-refractivity contribution in [3.05, 3.63) is 0 Å². The third-order valence-electron chi connectivity index (χ3n) is 3.68. The summed E-state index contributed by atoms with van der Waals surface area (Å²) in [5, 5.41) is 3.14. The van der Waals surface area contributed by atoms with Crippen molar-refractivity contribution in [1.82, 2.24) is 10.2 Å². The first-order valence-electron chi connectivity index (χ1n) is 7.84. The maximum Gasteiger partial charge on any atom is 0.188 e. The number of hydrogen-bond donors (Lipinski definition) is 2. The fourth-order valence-electron chi connectivity index (χ4n) is 2.35. The van der Waals surface area contributed by atoms with Crippen LogP contribution < -0.4 is 11.1 Å². The molecule has 0 radical (unpaired) electrons. The molecule has 120 valence electrons. The molecule has 3 N–H and O–H groups in total.